The lowest BCUT2D eigenvalue weighted by Crippen LogP contribution is -2.29. The summed E-state index contributed by atoms with van der Waals surface area (Å²) in [5, 5.41) is 1.91. The Morgan fingerprint density at radius 2 is 2.06 bits per heavy atom. The van der Waals surface area contributed by atoms with Crippen LogP contribution in [0.3, 0.4) is 0 Å². The van der Waals surface area contributed by atoms with Gasteiger partial charge in [-0.15, -0.1) is 0 Å². The average Bonchev–Trinajstić information content (AvgIpc) is 2.29. The van der Waals surface area contributed by atoms with Gasteiger partial charge in [-0.05, 0) is 40.5 Å². The molecule has 1 rings (SSSR count). The summed E-state index contributed by atoms with van der Waals surface area (Å²) in [6.07, 6.45) is 0. The monoisotopic (exact) mass is 302 g/mol. The second-order valence-electron chi connectivity index (χ2n) is 3.77. The SMILES string of the molecule is CCOc1c(Br)cc(CNN(C)C)cc1OC. The molecule has 17 heavy (non-hydrogen) atoms. The number of benzene rings is 1. The number of methoxy groups -OCH3 is 1. The number of hydrogen-bond acceptors (Lipinski definition) is 4. The van der Waals surface area contributed by atoms with Crippen molar-refractivity contribution in [3.05, 3.63) is 22.2 Å². The van der Waals surface area contributed by atoms with Crippen LogP contribution in [-0.4, -0.2) is 32.8 Å². The van der Waals surface area contributed by atoms with Gasteiger partial charge < -0.3 is 9.47 Å². The van der Waals surface area contributed by atoms with Crippen LogP contribution in [0.1, 0.15) is 12.5 Å². The summed E-state index contributed by atoms with van der Waals surface area (Å²) in [6.45, 7) is 3.31. The van der Waals surface area contributed by atoms with Crippen LogP contribution >= 0.6 is 15.9 Å². The Balaban J connectivity index is 2.92. The van der Waals surface area contributed by atoms with E-state index in [1.807, 2.05) is 38.2 Å². The second-order valence-corrected chi connectivity index (χ2v) is 4.63. The molecule has 0 saturated heterocycles. The van der Waals surface area contributed by atoms with Crippen molar-refractivity contribution in [2.24, 2.45) is 0 Å². The molecule has 5 heteroatoms. The summed E-state index contributed by atoms with van der Waals surface area (Å²) in [6, 6.07) is 4.01. The molecule has 0 radical (unpaired) electrons. The van der Waals surface area contributed by atoms with E-state index < -0.39 is 0 Å². The van der Waals surface area contributed by atoms with E-state index in [4.69, 9.17) is 9.47 Å². The van der Waals surface area contributed by atoms with E-state index in [0.717, 1.165) is 28.1 Å². The van der Waals surface area contributed by atoms with Crippen LogP contribution in [-0.2, 0) is 6.54 Å². The summed E-state index contributed by atoms with van der Waals surface area (Å²) in [5.74, 6) is 1.50. The molecule has 0 amide bonds. The van der Waals surface area contributed by atoms with Crippen LogP contribution < -0.4 is 14.9 Å². The van der Waals surface area contributed by atoms with Gasteiger partial charge in [0.25, 0.3) is 0 Å². The minimum Gasteiger partial charge on any atom is -0.493 e. The molecule has 0 bridgehead atoms. The van der Waals surface area contributed by atoms with E-state index in [0.29, 0.717) is 6.61 Å². The molecule has 1 N–H and O–H groups in total. The Bertz CT molecular complexity index is 370. The first-order valence-electron chi connectivity index (χ1n) is 5.48. The molecule has 1 aromatic rings. The number of rotatable bonds is 6. The molecule has 0 atom stereocenters. The lowest BCUT2D eigenvalue weighted by Gasteiger charge is -2.15. The van der Waals surface area contributed by atoms with Crippen molar-refractivity contribution in [1.29, 1.82) is 0 Å². The summed E-state index contributed by atoms with van der Waals surface area (Å²) < 4.78 is 11.8. The number of hydrogen-bond donors (Lipinski definition) is 1. The fourth-order valence-corrected chi connectivity index (χ4v) is 2.01. The predicted octanol–water partition coefficient (Wildman–Crippen LogP) is 2.42. The fourth-order valence-electron chi connectivity index (χ4n) is 1.41. The largest absolute Gasteiger partial charge is 0.493 e. The fraction of sp³-hybridized carbons (Fsp3) is 0.500. The van der Waals surface area contributed by atoms with Crippen molar-refractivity contribution in [3.63, 3.8) is 0 Å². The number of ether oxygens (including phenoxy) is 2. The van der Waals surface area contributed by atoms with Gasteiger partial charge in [0.2, 0.25) is 0 Å². The molecule has 0 spiro atoms. The van der Waals surface area contributed by atoms with E-state index in [1.165, 1.54) is 0 Å². The quantitative estimate of drug-likeness (QED) is 0.818. The molecule has 0 aliphatic rings. The van der Waals surface area contributed by atoms with Crippen molar-refractivity contribution >= 4 is 15.9 Å². The minimum atomic E-state index is 0.615. The zero-order valence-corrected chi connectivity index (χ0v) is 12.3. The Labute approximate surface area is 111 Å². The van der Waals surface area contributed by atoms with E-state index >= 15 is 0 Å². The first-order chi connectivity index (χ1) is 8.08. The first kappa shape index (κ1) is 14.3. The summed E-state index contributed by atoms with van der Waals surface area (Å²) in [5.41, 5.74) is 4.34. The van der Waals surface area contributed by atoms with Crippen molar-refractivity contribution in [2.75, 3.05) is 27.8 Å². The number of hydrazine groups is 1. The van der Waals surface area contributed by atoms with Crippen molar-refractivity contribution in [1.82, 2.24) is 10.4 Å². The zero-order valence-electron chi connectivity index (χ0n) is 10.7. The second kappa shape index (κ2) is 6.83. The molecule has 0 aromatic heterocycles. The lowest BCUT2D eigenvalue weighted by molar-refractivity contribution is 0.284. The van der Waals surface area contributed by atoms with Gasteiger partial charge in [0.1, 0.15) is 0 Å². The molecule has 0 saturated carbocycles. The van der Waals surface area contributed by atoms with Gasteiger partial charge in [0.05, 0.1) is 18.2 Å². The smallest absolute Gasteiger partial charge is 0.175 e. The predicted molar refractivity (Wildman–Crippen MR) is 72.4 cm³/mol. The van der Waals surface area contributed by atoms with Gasteiger partial charge in [-0.25, -0.2) is 0 Å². The molecule has 4 nitrogen and oxygen atoms in total. The molecular weight excluding hydrogens is 284 g/mol. The Kier molecular flexibility index (Phi) is 5.74. The van der Waals surface area contributed by atoms with Crippen LogP contribution in [0.25, 0.3) is 0 Å². The zero-order chi connectivity index (χ0) is 12.8. The highest BCUT2D eigenvalue weighted by atomic mass is 79.9. The summed E-state index contributed by atoms with van der Waals surface area (Å²) in [4.78, 5) is 0. The third-order valence-corrected chi connectivity index (χ3v) is 2.77. The highest BCUT2D eigenvalue weighted by molar-refractivity contribution is 9.10. The molecule has 0 heterocycles. The van der Waals surface area contributed by atoms with Crippen molar-refractivity contribution in [3.8, 4) is 11.5 Å². The maximum absolute atomic E-state index is 5.54. The Hall–Kier alpha value is -0.780. The van der Waals surface area contributed by atoms with E-state index in [-0.39, 0.29) is 0 Å². The van der Waals surface area contributed by atoms with E-state index in [9.17, 15) is 0 Å². The maximum atomic E-state index is 5.54. The molecule has 0 aliphatic carbocycles. The van der Waals surface area contributed by atoms with Crippen LogP contribution in [0, 0.1) is 0 Å². The molecule has 96 valence electrons. The van der Waals surface area contributed by atoms with Gasteiger partial charge in [-0.2, -0.15) is 0 Å². The molecular formula is C12H19BrN2O2. The van der Waals surface area contributed by atoms with Crippen LogP contribution in [0.15, 0.2) is 16.6 Å². The third kappa shape index (κ3) is 4.18. The molecule has 0 fully saturated rings. The van der Waals surface area contributed by atoms with E-state index in [2.05, 4.69) is 21.4 Å². The van der Waals surface area contributed by atoms with Crippen molar-refractivity contribution in [2.45, 2.75) is 13.5 Å². The highest BCUT2D eigenvalue weighted by Gasteiger charge is 2.11. The van der Waals surface area contributed by atoms with Gasteiger partial charge in [-0.1, -0.05) is 0 Å². The first-order valence-corrected chi connectivity index (χ1v) is 6.27. The molecule has 1 aromatic carbocycles. The average molecular weight is 303 g/mol. The van der Waals surface area contributed by atoms with Crippen LogP contribution in [0.2, 0.25) is 0 Å². The number of nitrogens with one attached hydrogen (secondary N) is 1. The Morgan fingerprint density at radius 3 is 2.59 bits per heavy atom. The van der Waals surface area contributed by atoms with Crippen LogP contribution in [0.5, 0.6) is 11.5 Å². The van der Waals surface area contributed by atoms with Gasteiger partial charge in [0.15, 0.2) is 11.5 Å². The van der Waals surface area contributed by atoms with Crippen molar-refractivity contribution < 1.29 is 9.47 Å². The summed E-state index contributed by atoms with van der Waals surface area (Å²) >= 11 is 3.50. The summed E-state index contributed by atoms with van der Waals surface area (Å²) in [7, 11) is 5.56. The number of halogens is 1. The molecule has 0 unspecified atom stereocenters. The van der Waals surface area contributed by atoms with Gasteiger partial charge in [-0.3, -0.25) is 10.4 Å². The minimum absolute atomic E-state index is 0.615. The third-order valence-electron chi connectivity index (χ3n) is 2.18. The normalized spacial score (nSPS) is 10.7. The highest BCUT2D eigenvalue weighted by Crippen LogP contribution is 2.36. The standard InChI is InChI=1S/C12H19BrN2O2/c1-5-17-12-10(13)6-9(7-11(12)16-4)8-14-15(2)3/h6-7,14H,5,8H2,1-4H3. The lowest BCUT2D eigenvalue weighted by atomic mass is 10.2. The van der Waals surface area contributed by atoms with Gasteiger partial charge >= 0.3 is 0 Å². The van der Waals surface area contributed by atoms with E-state index in [1.54, 1.807) is 7.11 Å². The maximum Gasteiger partial charge on any atom is 0.175 e. The topological polar surface area (TPSA) is 33.7 Å². The van der Waals surface area contributed by atoms with Crippen LogP contribution in [0.4, 0.5) is 0 Å². The molecule has 0 aliphatic heterocycles. The van der Waals surface area contributed by atoms with Gasteiger partial charge in [0, 0.05) is 20.6 Å². The number of nitrogens with zero attached hydrogens (tertiary/aromatic N) is 1. The Morgan fingerprint density at radius 1 is 1.35 bits per heavy atom.